The van der Waals surface area contributed by atoms with Gasteiger partial charge in [0.1, 0.15) is 16.6 Å². The number of hydrogen-bond acceptors (Lipinski definition) is 7. The smallest absolute Gasteiger partial charge is 0.330 e. The van der Waals surface area contributed by atoms with Crippen molar-refractivity contribution in [2.75, 3.05) is 42.8 Å². The van der Waals surface area contributed by atoms with Crippen molar-refractivity contribution in [1.82, 2.24) is 14.9 Å². The molecule has 4 rings (SSSR count). The molecule has 0 spiro atoms. The third kappa shape index (κ3) is 5.56. The molecular formula is C25H27Cl2N7O3. The van der Waals surface area contributed by atoms with Crippen molar-refractivity contribution in [2.45, 2.75) is 18.9 Å². The highest BCUT2D eigenvalue weighted by molar-refractivity contribution is 6.41. The maximum Gasteiger partial charge on any atom is 0.330 e. The fourth-order valence-corrected chi connectivity index (χ4v) is 4.72. The molecule has 12 heteroatoms. The predicted octanol–water partition coefficient (Wildman–Crippen LogP) is 4.33. The molecule has 0 aliphatic carbocycles. The first-order valence-electron chi connectivity index (χ1n) is 11.5. The first-order chi connectivity index (χ1) is 17.6. The van der Waals surface area contributed by atoms with E-state index in [1.54, 1.807) is 13.2 Å². The van der Waals surface area contributed by atoms with E-state index in [9.17, 15) is 14.7 Å². The number of urea groups is 1. The second-order valence-electron chi connectivity index (χ2n) is 9.00. The van der Waals surface area contributed by atoms with Crippen molar-refractivity contribution < 1.29 is 14.7 Å². The number of nitrogens with zero attached hydrogens (tertiary/aromatic N) is 5. The van der Waals surface area contributed by atoms with Crippen molar-refractivity contribution in [1.29, 1.82) is 0 Å². The Bertz CT molecular complexity index is 1350. The number of rotatable bonds is 8. The summed E-state index contributed by atoms with van der Waals surface area (Å²) in [6.07, 6.45) is 2.20. The van der Waals surface area contributed by atoms with Crippen molar-refractivity contribution in [2.24, 2.45) is 5.73 Å². The molecule has 0 radical (unpaired) electrons. The second-order valence-corrected chi connectivity index (χ2v) is 9.78. The molecule has 4 N–H and O–H groups in total. The number of carbonyl (C=O) groups is 2. The number of aromatic hydroxyl groups is 1. The number of amides is 3. The number of primary amides is 1. The Morgan fingerprint density at radius 2 is 2.03 bits per heavy atom. The lowest BCUT2D eigenvalue weighted by molar-refractivity contribution is -0.119. The molecule has 0 saturated carbocycles. The van der Waals surface area contributed by atoms with Gasteiger partial charge in [-0.3, -0.25) is 14.6 Å². The van der Waals surface area contributed by atoms with Crippen molar-refractivity contribution in [3.63, 3.8) is 0 Å². The Labute approximate surface area is 224 Å². The standard InChI is InChI=1S/C25H27Cl2N7O3/c1-32(2)10-9-17(22(28)36)14-5-4-6-16(11-14)30-24-29-12-15-13-34(25(37)33(3)23(15)31-24)21-18(26)7-8-19(35)20(21)27/h4-8,11-12,17,35H,9-10,13H2,1-3H3,(H2,28,36)(H,29,30,31). The largest absolute Gasteiger partial charge is 0.506 e. The van der Waals surface area contributed by atoms with E-state index in [1.807, 2.05) is 43.3 Å². The maximum atomic E-state index is 13.2. The van der Waals surface area contributed by atoms with Crippen LogP contribution < -0.4 is 20.9 Å². The van der Waals surface area contributed by atoms with Gasteiger partial charge < -0.3 is 21.1 Å². The van der Waals surface area contributed by atoms with Gasteiger partial charge >= 0.3 is 6.03 Å². The number of fused-ring (bicyclic) bond motifs is 1. The second kappa shape index (κ2) is 10.8. The van der Waals surface area contributed by atoms with E-state index in [2.05, 4.69) is 15.3 Å². The van der Waals surface area contributed by atoms with Crippen LogP contribution in [-0.2, 0) is 11.3 Å². The number of benzene rings is 2. The average Bonchev–Trinajstić information content (AvgIpc) is 2.85. The average molecular weight is 544 g/mol. The fourth-order valence-electron chi connectivity index (χ4n) is 4.14. The number of nitrogens with two attached hydrogens (primary N) is 1. The van der Waals surface area contributed by atoms with E-state index in [-0.39, 0.29) is 39.9 Å². The highest BCUT2D eigenvalue weighted by Crippen LogP contribution is 2.42. The van der Waals surface area contributed by atoms with Gasteiger partial charge in [-0.25, -0.2) is 9.78 Å². The third-order valence-corrected chi connectivity index (χ3v) is 6.75. The molecule has 194 valence electrons. The van der Waals surface area contributed by atoms with Gasteiger partial charge in [0, 0.05) is 24.5 Å². The molecule has 3 aromatic rings. The molecule has 1 atom stereocenters. The Morgan fingerprint density at radius 3 is 2.73 bits per heavy atom. The van der Waals surface area contributed by atoms with Crippen LogP contribution in [0.4, 0.5) is 27.9 Å². The molecule has 0 saturated heterocycles. The summed E-state index contributed by atoms with van der Waals surface area (Å²) in [5, 5.41) is 13.4. The van der Waals surface area contributed by atoms with Gasteiger partial charge in [0.2, 0.25) is 11.9 Å². The quantitative estimate of drug-likeness (QED) is 0.385. The lowest BCUT2D eigenvalue weighted by Crippen LogP contribution is -2.46. The Morgan fingerprint density at radius 1 is 1.27 bits per heavy atom. The van der Waals surface area contributed by atoms with E-state index in [1.165, 1.54) is 21.9 Å². The van der Waals surface area contributed by atoms with Crippen LogP contribution in [0.5, 0.6) is 5.75 Å². The summed E-state index contributed by atoms with van der Waals surface area (Å²) in [5.41, 5.74) is 8.01. The zero-order chi connectivity index (χ0) is 26.9. The molecule has 2 heterocycles. The molecule has 2 aromatic carbocycles. The number of phenols is 1. The summed E-state index contributed by atoms with van der Waals surface area (Å²) in [6, 6.07) is 9.79. The first kappa shape index (κ1) is 26.5. The summed E-state index contributed by atoms with van der Waals surface area (Å²) in [4.78, 5) is 39.0. The van der Waals surface area contributed by atoms with Gasteiger partial charge in [-0.05, 0) is 56.9 Å². The van der Waals surface area contributed by atoms with E-state index in [0.29, 0.717) is 23.5 Å². The zero-order valence-electron chi connectivity index (χ0n) is 20.6. The molecule has 1 aliphatic rings. The molecular weight excluding hydrogens is 517 g/mol. The van der Waals surface area contributed by atoms with Gasteiger partial charge in [0.15, 0.2) is 0 Å². The number of carbonyl (C=O) groups excluding carboxylic acids is 2. The first-order valence-corrected chi connectivity index (χ1v) is 12.2. The monoisotopic (exact) mass is 543 g/mol. The normalized spacial score (nSPS) is 14.1. The fraction of sp³-hybridized carbons (Fsp3) is 0.280. The van der Waals surface area contributed by atoms with Crippen LogP contribution >= 0.6 is 23.2 Å². The van der Waals surface area contributed by atoms with Crippen molar-refractivity contribution in [3.05, 3.63) is 63.8 Å². The zero-order valence-corrected chi connectivity index (χ0v) is 22.1. The highest BCUT2D eigenvalue weighted by atomic mass is 35.5. The number of hydrogen-bond donors (Lipinski definition) is 3. The van der Waals surface area contributed by atoms with Gasteiger partial charge in [-0.1, -0.05) is 35.3 Å². The lowest BCUT2D eigenvalue weighted by atomic mass is 9.94. The molecule has 3 amide bonds. The van der Waals surface area contributed by atoms with Gasteiger partial charge in [-0.2, -0.15) is 4.98 Å². The van der Waals surface area contributed by atoms with Gasteiger partial charge in [0.05, 0.1) is 23.2 Å². The lowest BCUT2D eigenvalue weighted by Gasteiger charge is -2.34. The van der Waals surface area contributed by atoms with Crippen molar-refractivity contribution in [3.8, 4) is 5.75 Å². The van der Waals surface area contributed by atoms with Crippen LogP contribution in [0.3, 0.4) is 0 Å². The minimum Gasteiger partial charge on any atom is -0.506 e. The summed E-state index contributed by atoms with van der Waals surface area (Å²) in [5.74, 6) is -0.301. The van der Waals surface area contributed by atoms with Gasteiger partial charge in [-0.15, -0.1) is 0 Å². The summed E-state index contributed by atoms with van der Waals surface area (Å²) >= 11 is 12.6. The van der Waals surface area contributed by atoms with Gasteiger partial charge in [0.25, 0.3) is 0 Å². The van der Waals surface area contributed by atoms with E-state index in [4.69, 9.17) is 28.9 Å². The SMILES string of the molecule is CN(C)CCC(C(N)=O)c1cccc(Nc2ncc3c(n2)N(C)C(=O)N(c2c(Cl)ccc(O)c2Cl)C3)c1. The molecule has 1 unspecified atom stereocenters. The minimum atomic E-state index is -0.431. The van der Waals surface area contributed by atoms with Crippen LogP contribution in [0.1, 0.15) is 23.5 Å². The molecule has 0 fully saturated rings. The van der Waals surface area contributed by atoms with E-state index < -0.39 is 11.9 Å². The van der Waals surface area contributed by atoms with Crippen LogP contribution in [0.15, 0.2) is 42.6 Å². The van der Waals surface area contributed by atoms with E-state index >= 15 is 0 Å². The highest BCUT2D eigenvalue weighted by Gasteiger charge is 2.33. The molecule has 0 bridgehead atoms. The number of halogens is 2. The number of nitrogens with one attached hydrogen (secondary N) is 1. The topological polar surface area (TPSA) is 128 Å². The van der Waals surface area contributed by atoms with Crippen LogP contribution in [0, 0.1) is 0 Å². The number of aromatic nitrogens is 2. The third-order valence-electron chi connectivity index (χ3n) is 6.08. The van der Waals surface area contributed by atoms with Crippen LogP contribution in [0.2, 0.25) is 10.0 Å². The summed E-state index contributed by atoms with van der Waals surface area (Å²) in [6.45, 7) is 0.832. The molecule has 1 aromatic heterocycles. The molecule has 10 nitrogen and oxygen atoms in total. The Balaban J connectivity index is 1.59. The molecule has 1 aliphatic heterocycles. The van der Waals surface area contributed by atoms with Crippen molar-refractivity contribution >= 4 is 58.3 Å². The summed E-state index contributed by atoms with van der Waals surface area (Å²) < 4.78 is 0. The van der Waals surface area contributed by atoms with E-state index in [0.717, 1.165) is 12.1 Å². The summed E-state index contributed by atoms with van der Waals surface area (Å²) in [7, 11) is 5.46. The van der Waals surface area contributed by atoms with Crippen LogP contribution in [0.25, 0.3) is 0 Å². The number of phenolic OH excluding ortho intramolecular Hbond substituents is 1. The predicted molar refractivity (Wildman–Crippen MR) is 145 cm³/mol. The Hall–Kier alpha value is -3.60. The Kier molecular flexibility index (Phi) is 7.72. The maximum absolute atomic E-state index is 13.2. The minimum absolute atomic E-state index is 0.0170. The van der Waals surface area contributed by atoms with Crippen LogP contribution in [-0.4, -0.2) is 59.6 Å². The number of anilines is 4. The molecule has 37 heavy (non-hydrogen) atoms.